The molecule has 0 spiro atoms. The van der Waals surface area contributed by atoms with Crippen molar-refractivity contribution in [1.29, 1.82) is 0 Å². The van der Waals surface area contributed by atoms with Gasteiger partial charge < -0.3 is 10.0 Å². The standard InChI is InChI=1S/C14H20N4O2S/c1-3-5-6-7-8-11-15-16-13(21-11)18-12(19)10-17(9-4-2)14(18)20/h3-4,12,19H,1-2,5-10H2. The number of allylic oxidation sites excluding steroid dienone is 1. The van der Waals surface area contributed by atoms with Crippen LogP contribution in [0.5, 0.6) is 0 Å². The van der Waals surface area contributed by atoms with E-state index in [9.17, 15) is 9.90 Å². The number of carbonyl (C=O) groups is 1. The number of β-amino-alcohol motifs (C(OH)–C–C–N with tert-alkyl or cyclic N) is 1. The van der Waals surface area contributed by atoms with Crippen molar-refractivity contribution < 1.29 is 9.90 Å². The molecule has 0 aliphatic carbocycles. The summed E-state index contributed by atoms with van der Waals surface area (Å²) in [5, 5.41) is 19.5. The fourth-order valence-electron chi connectivity index (χ4n) is 2.16. The zero-order valence-corrected chi connectivity index (χ0v) is 12.8. The van der Waals surface area contributed by atoms with Gasteiger partial charge in [-0.3, -0.25) is 0 Å². The summed E-state index contributed by atoms with van der Waals surface area (Å²) in [5.41, 5.74) is 0. The molecule has 1 saturated heterocycles. The molecule has 7 heteroatoms. The van der Waals surface area contributed by atoms with E-state index in [1.54, 1.807) is 6.08 Å². The Bertz CT molecular complexity index is 517. The molecule has 1 aromatic heterocycles. The van der Waals surface area contributed by atoms with Crippen molar-refractivity contribution in [2.75, 3.05) is 18.0 Å². The average Bonchev–Trinajstić information content (AvgIpc) is 3.01. The number of anilines is 1. The highest BCUT2D eigenvalue weighted by molar-refractivity contribution is 7.15. The lowest BCUT2D eigenvalue weighted by atomic mass is 10.2. The van der Waals surface area contributed by atoms with E-state index in [4.69, 9.17) is 0 Å². The van der Waals surface area contributed by atoms with Crippen molar-refractivity contribution in [3.63, 3.8) is 0 Å². The Morgan fingerprint density at radius 2 is 2.14 bits per heavy atom. The number of aliphatic hydroxyl groups is 1. The van der Waals surface area contributed by atoms with Crippen molar-refractivity contribution in [3.8, 4) is 0 Å². The number of rotatable bonds is 8. The molecule has 0 aromatic carbocycles. The van der Waals surface area contributed by atoms with Gasteiger partial charge in [-0.1, -0.05) is 23.5 Å². The number of nitrogens with zero attached hydrogens (tertiary/aromatic N) is 4. The van der Waals surface area contributed by atoms with Crippen LogP contribution in [0.25, 0.3) is 0 Å². The van der Waals surface area contributed by atoms with Crippen molar-refractivity contribution in [2.45, 2.75) is 31.9 Å². The Labute approximate surface area is 128 Å². The van der Waals surface area contributed by atoms with Gasteiger partial charge >= 0.3 is 6.03 Å². The average molecular weight is 308 g/mol. The zero-order chi connectivity index (χ0) is 15.2. The Morgan fingerprint density at radius 3 is 2.86 bits per heavy atom. The van der Waals surface area contributed by atoms with Gasteiger partial charge in [0.15, 0.2) is 6.23 Å². The van der Waals surface area contributed by atoms with E-state index in [2.05, 4.69) is 23.4 Å². The molecule has 1 aliphatic heterocycles. The number of unbranched alkanes of at least 4 members (excludes halogenated alkanes) is 2. The first-order valence-electron chi connectivity index (χ1n) is 6.97. The molecule has 6 nitrogen and oxygen atoms in total. The second-order valence-electron chi connectivity index (χ2n) is 4.84. The Hall–Kier alpha value is -1.73. The van der Waals surface area contributed by atoms with Crippen molar-refractivity contribution in [2.24, 2.45) is 0 Å². The monoisotopic (exact) mass is 308 g/mol. The van der Waals surface area contributed by atoms with Crippen molar-refractivity contribution in [1.82, 2.24) is 15.1 Å². The highest BCUT2D eigenvalue weighted by atomic mass is 32.1. The van der Waals surface area contributed by atoms with E-state index < -0.39 is 6.23 Å². The molecule has 21 heavy (non-hydrogen) atoms. The van der Waals surface area contributed by atoms with Crippen LogP contribution in [0, 0.1) is 0 Å². The van der Waals surface area contributed by atoms with Crippen LogP contribution < -0.4 is 4.90 Å². The van der Waals surface area contributed by atoms with Gasteiger partial charge in [-0.05, 0) is 19.3 Å². The zero-order valence-electron chi connectivity index (χ0n) is 11.9. The third kappa shape index (κ3) is 3.68. The first-order valence-corrected chi connectivity index (χ1v) is 7.79. The third-order valence-corrected chi connectivity index (χ3v) is 4.20. The third-order valence-electron chi connectivity index (χ3n) is 3.22. The molecule has 1 aliphatic rings. The maximum atomic E-state index is 12.2. The molecule has 114 valence electrons. The topological polar surface area (TPSA) is 69.6 Å². The molecule has 1 atom stereocenters. The molecule has 0 bridgehead atoms. The molecule has 1 N–H and O–H groups in total. The SMILES string of the molecule is C=CCCCCc1nnc(N2C(=O)N(CC=C)CC2O)s1. The summed E-state index contributed by atoms with van der Waals surface area (Å²) < 4.78 is 0. The second kappa shape index (κ2) is 7.33. The summed E-state index contributed by atoms with van der Waals surface area (Å²) in [6, 6.07) is -0.253. The first kappa shape index (κ1) is 15.7. The predicted molar refractivity (Wildman–Crippen MR) is 83.3 cm³/mol. The highest BCUT2D eigenvalue weighted by Crippen LogP contribution is 2.27. The quantitative estimate of drug-likeness (QED) is 0.590. The summed E-state index contributed by atoms with van der Waals surface area (Å²) in [5.74, 6) is 0. The van der Waals surface area contributed by atoms with Gasteiger partial charge in [0.1, 0.15) is 5.01 Å². The molecule has 1 aromatic rings. The maximum absolute atomic E-state index is 12.2. The van der Waals surface area contributed by atoms with Gasteiger partial charge in [0.05, 0.1) is 6.54 Å². The van der Waals surface area contributed by atoms with Crippen LogP contribution in [0.2, 0.25) is 0 Å². The number of amides is 2. The van der Waals surface area contributed by atoms with Crippen LogP contribution in [0.15, 0.2) is 25.3 Å². The Kier molecular flexibility index (Phi) is 5.46. The number of hydrogen-bond acceptors (Lipinski definition) is 5. The smallest absolute Gasteiger partial charge is 0.329 e. The normalized spacial score (nSPS) is 18.3. The van der Waals surface area contributed by atoms with Crippen LogP contribution in [-0.2, 0) is 6.42 Å². The van der Waals surface area contributed by atoms with Crippen LogP contribution in [0.4, 0.5) is 9.93 Å². The lowest BCUT2D eigenvalue weighted by Gasteiger charge is -2.15. The summed E-state index contributed by atoms with van der Waals surface area (Å²) in [6.07, 6.45) is 6.57. The summed E-state index contributed by atoms with van der Waals surface area (Å²) in [7, 11) is 0. The molecule has 2 rings (SSSR count). The number of aromatic nitrogens is 2. The van der Waals surface area contributed by atoms with Gasteiger partial charge in [-0.2, -0.15) is 0 Å². The summed E-state index contributed by atoms with van der Waals surface area (Å²) in [6.45, 7) is 7.98. The number of aryl methyl sites for hydroxylation is 1. The van der Waals surface area contributed by atoms with Gasteiger partial charge in [-0.25, -0.2) is 9.69 Å². The van der Waals surface area contributed by atoms with E-state index in [0.29, 0.717) is 11.7 Å². The number of carbonyl (C=O) groups excluding carboxylic acids is 1. The first-order chi connectivity index (χ1) is 10.2. The minimum absolute atomic E-state index is 0.253. The van der Waals surface area contributed by atoms with Gasteiger partial charge in [0.25, 0.3) is 0 Å². The van der Waals surface area contributed by atoms with E-state index in [1.807, 2.05) is 6.08 Å². The Morgan fingerprint density at radius 1 is 1.33 bits per heavy atom. The predicted octanol–water partition coefficient (Wildman–Crippen LogP) is 2.18. The lowest BCUT2D eigenvalue weighted by Crippen LogP contribution is -2.34. The minimum Gasteiger partial charge on any atom is -0.371 e. The number of urea groups is 1. The maximum Gasteiger partial charge on any atom is 0.329 e. The van der Waals surface area contributed by atoms with Gasteiger partial charge in [0.2, 0.25) is 5.13 Å². The molecule has 0 saturated carbocycles. The number of hydrogen-bond donors (Lipinski definition) is 1. The van der Waals surface area contributed by atoms with Crippen LogP contribution in [-0.4, -0.2) is 45.6 Å². The Balaban J connectivity index is 1.98. The van der Waals surface area contributed by atoms with E-state index in [0.717, 1.165) is 30.7 Å². The van der Waals surface area contributed by atoms with Crippen LogP contribution in [0.3, 0.4) is 0 Å². The van der Waals surface area contributed by atoms with Crippen LogP contribution in [0.1, 0.15) is 24.3 Å². The minimum atomic E-state index is -0.876. The molecule has 2 amide bonds. The van der Waals surface area contributed by atoms with Crippen LogP contribution >= 0.6 is 11.3 Å². The fourth-order valence-corrected chi connectivity index (χ4v) is 3.08. The van der Waals surface area contributed by atoms with Crippen molar-refractivity contribution in [3.05, 3.63) is 30.3 Å². The van der Waals surface area contributed by atoms with Gasteiger partial charge in [0, 0.05) is 13.0 Å². The number of aliphatic hydroxyl groups excluding tert-OH is 1. The van der Waals surface area contributed by atoms with E-state index in [1.165, 1.54) is 21.1 Å². The molecule has 1 unspecified atom stereocenters. The fraction of sp³-hybridized carbons (Fsp3) is 0.500. The van der Waals surface area contributed by atoms with E-state index in [-0.39, 0.29) is 12.6 Å². The molecular weight excluding hydrogens is 288 g/mol. The highest BCUT2D eigenvalue weighted by Gasteiger charge is 2.38. The molecular formula is C14H20N4O2S. The summed E-state index contributed by atoms with van der Waals surface area (Å²) in [4.78, 5) is 15.0. The largest absolute Gasteiger partial charge is 0.371 e. The van der Waals surface area contributed by atoms with Crippen molar-refractivity contribution >= 4 is 22.5 Å². The molecule has 0 radical (unpaired) electrons. The van der Waals surface area contributed by atoms with Gasteiger partial charge in [-0.15, -0.1) is 23.4 Å². The summed E-state index contributed by atoms with van der Waals surface area (Å²) >= 11 is 1.36. The van der Waals surface area contributed by atoms with E-state index >= 15 is 0 Å². The second-order valence-corrected chi connectivity index (χ2v) is 5.88. The molecule has 2 heterocycles. The lowest BCUT2D eigenvalue weighted by molar-refractivity contribution is 0.180. The molecule has 1 fully saturated rings.